The van der Waals surface area contributed by atoms with Gasteiger partial charge in [0.25, 0.3) is 10.0 Å². The summed E-state index contributed by atoms with van der Waals surface area (Å²) in [6, 6.07) is 19.1. The summed E-state index contributed by atoms with van der Waals surface area (Å²) in [5.74, 6) is -0.565. The monoisotopic (exact) mass is 435 g/mol. The maximum atomic E-state index is 12.8. The highest BCUT2D eigenvalue weighted by atomic mass is 32.2. The first kappa shape index (κ1) is 20.3. The van der Waals surface area contributed by atoms with Crippen molar-refractivity contribution >= 4 is 21.7 Å². The molecule has 0 fully saturated rings. The van der Waals surface area contributed by atoms with Crippen LogP contribution in [0.15, 0.2) is 82.1 Å². The van der Waals surface area contributed by atoms with Gasteiger partial charge in [-0.25, -0.2) is 13.2 Å². The lowest BCUT2D eigenvalue weighted by molar-refractivity contribution is 0.0697. The number of hydrogen-bond donors (Lipinski definition) is 2. The third kappa shape index (κ3) is 4.46. The average Bonchev–Trinajstić information content (AvgIpc) is 3.25. The van der Waals surface area contributed by atoms with Crippen LogP contribution >= 0.6 is 0 Å². The Morgan fingerprint density at radius 2 is 1.55 bits per heavy atom. The number of benzene rings is 3. The zero-order valence-electron chi connectivity index (χ0n) is 16.3. The molecule has 0 bridgehead atoms. The first-order valence-electron chi connectivity index (χ1n) is 9.19. The number of carbonyl (C=O) groups is 1. The summed E-state index contributed by atoms with van der Waals surface area (Å²) in [6.07, 6.45) is 0. The highest BCUT2D eigenvalue weighted by molar-refractivity contribution is 7.92. The van der Waals surface area contributed by atoms with Crippen molar-refractivity contribution in [3.8, 4) is 22.9 Å². The van der Waals surface area contributed by atoms with Crippen LogP contribution < -0.4 is 4.72 Å². The molecular formula is C22H17N3O5S. The Bertz CT molecular complexity index is 1340. The first-order chi connectivity index (χ1) is 14.8. The van der Waals surface area contributed by atoms with Gasteiger partial charge in [-0.2, -0.15) is 0 Å². The molecule has 0 saturated carbocycles. The Balaban J connectivity index is 1.59. The number of rotatable bonds is 6. The van der Waals surface area contributed by atoms with Crippen LogP contribution in [0.5, 0.6) is 0 Å². The molecule has 0 atom stereocenters. The molecule has 0 aliphatic carbocycles. The molecule has 156 valence electrons. The maximum Gasteiger partial charge on any atom is 0.335 e. The highest BCUT2D eigenvalue weighted by Gasteiger charge is 2.17. The van der Waals surface area contributed by atoms with E-state index < -0.39 is 16.0 Å². The minimum Gasteiger partial charge on any atom is -0.478 e. The molecule has 0 unspecified atom stereocenters. The summed E-state index contributed by atoms with van der Waals surface area (Å²) >= 11 is 0. The normalized spacial score (nSPS) is 11.3. The molecule has 4 rings (SSSR count). The van der Waals surface area contributed by atoms with Crippen LogP contribution in [0.4, 0.5) is 5.69 Å². The molecule has 31 heavy (non-hydrogen) atoms. The minimum atomic E-state index is -3.91. The summed E-state index contributed by atoms with van der Waals surface area (Å²) in [7, 11) is -3.91. The zero-order valence-corrected chi connectivity index (χ0v) is 17.1. The molecule has 1 heterocycles. The second kappa shape index (κ2) is 8.04. The van der Waals surface area contributed by atoms with Crippen LogP contribution in [0.1, 0.15) is 15.9 Å². The predicted octanol–water partition coefficient (Wildman–Crippen LogP) is 4.21. The minimum absolute atomic E-state index is 0.00222. The smallest absolute Gasteiger partial charge is 0.335 e. The fraction of sp³-hybridized carbons (Fsp3) is 0.0455. The van der Waals surface area contributed by atoms with Gasteiger partial charge in [-0.3, -0.25) is 4.72 Å². The fourth-order valence-corrected chi connectivity index (χ4v) is 3.95. The molecule has 0 spiro atoms. The van der Waals surface area contributed by atoms with Gasteiger partial charge in [0.15, 0.2) is 0 Å². The van der Waals surface area contributed by atoms with Crippen molar-refractivity contribution in [2.75, 3.05) is 4.72 Å². The van der Waals surface area contributed by atoms with Crippen LogP contribution in [-0.4, -0.2) is 29.7 Å². The second-order valence-electron chi connectivity index (χ2n) is 6.79. The lowest BCUT2D eigenvalue weighted by Gasteiger charge is -2.09. The van der Waals surface area contributed by atoms with E-state index in [4.69, 9.17) is 9.52 Å². The van der Waals surface area contributed by atoms with E-state index in [1.807, 2.05) is 31.2 Å². The number of carboxylic acids is 1. The van der Waals surface area contributed by atoms with Gasteiger partial charge in [-0.1, -0.05) is 23.8 Å². The molecule has 0 amide bonds. The molecule has 9 heteroatoms. The molecule has 4 aromatic rings. The molecule has 8 nitrogen and oxygen atoms in total. The summed E-state index contributed by atoms with van der Waals surface area (Å²) in [5, 5.41) is 17.0. The molecule has 3 aromatic carbocycles. The largest absolute Gasteiger partial charge is 0.478 e. The zero-order chi connectivity index (χ0) is 22.0. The number of hydrogen-bond acceptors (Lipinski definition) is 6. The van der Waals surface area contributed by atoms with Gasteiger partial charge < -0.3 is 9.52 Å². The fourth-order valence-electron chi connectivity index (χ4n) is 2.84. The standard InChI is InChI=1S/C22H17N3O5S/c1-14-5-7-15(8-6-14)20-23-24-21(30-20)17-3-2-4-19(13-17)31(28,29)25-18-11-9-16(10-12-18)22(26)27/h2-13,25H,1H3,(H,26,27). The summed E-state index contributed by atoms with van der Waals surface area (Å²) < 4.78 is 33.7. The Morgan fingerprint density at radius 1 is 0.903 bits per heavy atom. The maximum absolute atomic E-state index is 12.8. The van der Waals surface area contributed by atoms with Crippen LogP contribution in [0.2, 0.25) is 0 Å². The van der Waals surface area contributed by atoms with Gasteiger partial charge in [0.2, 0.25) is 11.8 Å². The molecule has 0 saturated heterocycles. The summed E-state index contributed by atoms with van der Waals surface area (Å²) in [5.41, 5.74) is 2.63. The molecule has 1 aromatic heterocycles. The Labute approximate surface area is 178 Å². The number of anilines is 1. The average molecular weight is 435 g/mol. The van der Waals surface area contributed by atoms with E-state index in [0.29, 0.717) is 11.5 Å². The Kier molecular flexibility index (Phi) is 5.26. The van der Waals surface area contributed by atoms with E-state index >= 15 is 0 Å². The van der Waals surface area contributed by atoms with E-state index in [9.17, 15) is 13.2 Å². The van der Waals surface area contributed by atoms with Gasteiger partial charge in [0, 0.05) is 16.8 Å². The second-order valence-corrected chi connectivity index (χ2v) is 8.48. The number of carboxylic acid groups (broad SMARTS) is 1. The number of nitrogens with one attached hydrogen (secondary N) is 1. The van der Waals surface area contributed by atoms with Gasteiger partial charge in [-0.15, -0.1) is 10.2 Å². The molecule has 0 aliphatic rings. The Hall–Kier alpha value is -3.98. The summed E-state index contributed by atoms with van der Waals surface area (Å²) in [6.45, 7) is 1.98. The van der Waals surface area contributed by atoms with E-state index in [-0.39, 0.29) is 22.0 Å². The van der Waals surface area contributed by atoms with E-state index in [0.717, 1.165) is 11.1 Å². The molecule has 0 aliphatic heterocycles. The number of sulfonamides is 1. The van der Waals surface area contributed by atoms with Gasteiger partial charge in [-0.05, 0) is 61.5 Å². The van der Waals surface area contributed by atoms with Crippen LogP contribution in [0, 0.1) is 6.92 Å². The number of aryl methyl sites for hydroxylation is 1. The van der Waals surface area contributed by atoms with Gasteiger partial charge in [0.05, 0.1) is 10.5 Å². The van der Waals surface area contributed by atoms with E-state index in [1.165, 1.54) is 36.4 Å². The third-order valence-corrected chi connectivity index (χ3v) is 5.88. The van der Waals surface area contributed by atoms with Crippen molar-refractivity contribution < 1.29 is 22.7 Å². The molecular weight excluding hydrogens is 418 g/mol. The number of aromatic carboxylic acids is 1. The SMILES string of the molecule is Cc1ccc(-c2nnc(-c3cccc(S(=O)(=O)Nc4ccc(C(=O)O)cc4)c3)o2)cc1. The molecule has 0 radical (unpaired) electrons. The van der Waals surface area contributed by atoms with Crippen LogP contribution in [0.25, 0.3) is 22.9 Å². The van der Waals surface area contributed by atoms with Crippen LogP contribution in [-0.2, 0) is 10.0 Å². The molecule has 2 N–H and O–H groups in total. The highest BCUT2D eigenvalue weighted by Crippen LogP contribution is 2.26. The van der Waals surface area contributed by atoms with Crippen molar-refractivity contribution in [3.05, 3.63) is 83.9 Å². The van der Waals surface area contributed by atoms with Crippen molar-refractivity contribution in [1.82, 2.24) is 10.2 Å². The Morgan fingerprint density at radius 3 is 2.19 bits per heavy atom. The number of nitrogens with zero attached hydrogens (tertiary/aromatic N) is 2. The van der Waals surface area contributed by atoms with Crippen molar-refractivity contribution in [3.63, 3.8) is 0 Å². The quantitative estimate of drug-likeness (QED) is 0.465. The topological polar surface area (TPSA) is 122 Å². The number of aromatic nitrogens is 2. The van der Waals surface area contributed by atoms with Gasteiger partial charge in [0.1, 0.15) is 0 Å². The lowest BCUT2D eigenvalue weighted by Crippen LogP contribution is -2.13. The summed E-state index contributed by atoms with van der Waals surface area (Å²) in [4.78, 5) is 10.9. The van der Waals surface area contributed by atoms with Crippen LogP contribution in [0.3, 0.4) is 0 Å². The first-order valence-corrected chi connectivity index (χ1v) is 10.7. The van der Waals surface area contributed by atoms with Gasteiger partial charge >= 0.3 is 5.97 Å². The lowest BCUT2D eigenvalue weighted by atomic mass is 10.1. The van der Waals surface area contributed by atoms with E-state index in [1.54, 1.807) is 12.1 Å². The van der Waals surface area contributed by atoms with Crippen molar-refractivity contribution in [1.29, 1.82) is 0 Å². The third-order valence-electron chi connectivity index (χ3n) is 4.50. The van der Waals surface area contributed by atoms with Crippen molar-refractivity contribution in [2.24, 2.45) is 0 Å². The predicted molar refractivity (Wildman–Crippen MR) is 114 cm³/mol. The van der Waals surface area contributed by atoms with Crippen molar-refractivity contribution in [2.45, 2.75) is 11.8 Å². The van der Waals surface area contributed by atoms with E-state index in [2.05, 4.69) is 14.9 Å².